The van der Waals surface area contributed by atoms with Gasteiger partial charge in [0.1, 0.15) is 12.4 Å². The summed E-state index contributed by atoms with van der Waals surface area (Å²) in [5.74, 6) is 0.698. The van der Waals surface area contributed by atoms with E-state index < -0.39 is 12.1 Å². The maximum atomic E-state index is 12.4. The van der Waals surface area contributed by atoms with Crippen molar-refractivity contribution in [1.29, 1.82) is 0 Å². The van der Waals surface area contributed by atoms with Crippen molar-refractivity contribution in [2.45, 2.75) is 96.5 Å². The third-order valence-electron chi connectivity index (χ3n) is 7.73. The second-order valence-corrected chi connectivity index (χ2v) is 11.8. The van der Waals surface area contributed by atoms with Crippen LogP contribution in [0.4, 0.5) is 4.79 Å². The van der Waals surface area contributed by atoms with E-state index >= 15 is 0 Å². The number of Topliss-reactive ketones (excluding diaryl/α,β-unsaturated/α-hetero) is 2. The molecule has 0 bridgehead atoms. The molecule has 4 heterocycles. The fourth-order valence-electron chi connectivity index (χ4n) is 6.39. The van der Waals surface area contributed by atoms with Crippen LogP contribution >= 0.6 is 0 Å². The number of likely N-dealkylation sites (tertiary alicyclic amines) is 1. The predicted molar refractivity (Wildman–Crippen MR) is 134 cm³/mol. The third-order valence-corrected chi connectivity index (χ3v) is 7.73. The highest BCUT2D eigenvalue weighted by Gasteiger charge is 2.54. The van der Waals surface area contributed by atoms with Crippen molar-refractivity contribution in [1.82, 2.24) is 10.2 Å². The molecule has 0 spiro atoms. The van der Waals surface area contributed by atoms with Gasteiger partial charge in [-0.3, -0.25) is 14.5 Å². The molecule has 4 aliphatic rings. The van der Waals surface area contributed by atoms with Gasteiger partial charge in [0, 0.05) is 18.4 Å². The summed E-state index contributed by atoms with van der Waals surface area (Å²) in [7, 11) is 0. The van der Waals surface area contributed by atoms with Gasteiger partial charge in [0.2, 0.25) is 0 Å². The van der Waals surface area contributed by atoms with Gasteiger partial charge in [-0.15, -0.1) is 0 Å². The molecule has 0 aromatic heterocycles. The van der Waals surface area contributed by atoms with Gasteiger partial charge < -0.3 is 19.5 Å². The Morgan fingerprint density at radius 1 is 0.944 bits per heavy atom. The zero-order chi connectivity index (χ0) is 26.3. The van der Waals surface area contributed by atoms with Crippen molar-refractivity contribution >= 4 is 17.7 Å². The van der Waals surface area contributed by atoms with E-state index in [1.54, 1.807) is 6.92 Å². The van der Waals surface area contributed by atoms with Crippen LogP contribution in [0.5, 0.6) is 0 Å². The first-order valence-corrected chi connectivity index (χ1v) is 12.9. The number of hydrogen-bond acceptors (Lipinski definition) is 7. The Bertz CT molecular complexity index is 978. The van der Waals surface area contributed by atoms with Crippen LogP contribution in [0.2, 0.25) is 0 Å². The summed E-state index contributed by atoms with van der Waals surface area (Å²) in [6.07, 6.45) is 1.51. The number of carbonyl (C=O) groups excluding carboxylic acids is 3. The molecule has 8 nitrogen and oxygen atoms in total. The van der Waals surface area contributed by atoms with Gasteiger partial charge in [-0.2, -0.15) is 0 Å². The van der Waals surface area contributed by atoms with Crippen LogP contribution in [0.15, 0.2) is 30.3 Å². The van der Waals surface area contributed by atoms with Crippen LogP contribution in [-0.2, 0) is 30.4 Å². The summed E-state index contributed by atoms with van der Waals surface area (Å²) in [5.41, 5.74) is 0.658. The van der Waals surface area contributed by atoms with Gasteiger partial charge >= 0.3 is 6.09 Å². The Morgan fingerprint density at radius 2 is 1.56 bits per heavy atom. The molecule has 0 saturated carbocycles. The molecule has 4 fully saturated rings. The van der Waals surface area contributed by atoms with Gasteiger partial charge in [-0.1, -0.05) is 30.3 Å². The maximum Gasteiger partial charge on any atom is 0.410 e. The van der Waals surface area contributed by atoms with E-state index in [9.17, 15) is 14.4 Å². The number of rotatable bonds is 4. The Balaban J connectivity index is 0.000000197. The van der Waals surface area contributed by atoms with E-state index in [2.05, 4.69) is 19.2 Å². The van der Waals surface area contributed by atoms with Gasteiger partial charge in [-0.05, 0) is 59.9 Å². The molecule has 0 radical (unpaired) electrons. The molecule has 2 unspecified atom stereocenters. The molecule has 0 aliphatic carbocycles. The Kier molecular flexibility index (Phi) is 7.60. The Labute approximate surface area is 214 Å². The molecular formula is C28H40N2O6. The summed E-state index contributed by atoms with van der Waals surface area (Å²) in [4.78, 5) is 37.3. The van der Waals surface area contributed by atoms with Crippen LogP contribution in [0.25, 0.3) is 0 Å². The number of fused-ring (bicyclic) bond motifs is 2. The molecule has 4 saturated heterocycles. The van der Waals surface area contributed by atoms with Gasteiger partial charge in [0.25, 0.3) is 0 Å². The third kappa shape index (κ3) is 5.82. The number of nitrogens with one attached hydrogen (secondary N) is 1. The van der Waals surface area contributed by atoms with Crippen molar-refractivity contribution < 1.29 is 28.6 Å². The molecule has 5 rings (SSSR count). The van der Waals surface area contributed by atoms with E-state index in [0.29, 0.717) is 12.5 Å². The van der Waals surface area contributed by atoms with E-state index in [4.69, 9.17) is 14.2 Å². The minimum absolute atomic E-state index is 0.00420. The van der Waals surface area contributed by atoms with Crippen molar-refractivity contribution in [3.05, 3.63) is 35.9 Å². The first-order valence-electron chi connectivity index (χ1n) is 12.9. The Morgan fingerprint density at radius 3 is 2.17 bits per heavy atom. The number of amides is 1. The average Bonchev–Trinajstić information content (AvgIpc) is 3.48. The topological polar surface area (TPSA) is 94.2 Å². The molecule has 198 valence electrons. The standard InChI is InChI=1S/C18H23NO4.C10H17NO2/c1-12(20)16-14-9-18(2,3)23-15(14)10-19(16)17(21)22-11-13-7-5-4-6-8-13;1-6(12)9-7-4-10(2,3)13-8(7)5-11-9/h4-8,14-16H,9-11H2,1-3H3;7-9,11H,4-5H2,1-3H3/t14-,15?,16+;7-,8?,9+/m00/s1. The number of nitrogens with zero attached hydrogens (tertiary/aromatic N) is 1. The van der Waals surface area contributed by atoms with Crippen LogP contribution < -0.4 is 5.32 Å². The molecule has 36 heavy (non-hydrogen) atoms. The summed E-state index contributed by atoms with van der Waals surface area (Å²) >= 11 is 0. The molecule has 8 heteroatoms. The fraction of sp³-hybridized carbons (Fsp3) is 0.679. The number of hydrogen-bond donors (Lipinski definition) is 1. The van der Waals surface area contributed by atoms with Crippen molar-refractivity contribution in [2.24, 2.45) is 11.8 Å². The molecule has 4 aliphatic heterocycles. The average molecular weight is 501 g/mol. The van der Waals surface area contributed by atoms with Gasteiger partial charge in [0.15, 0.2) is 5.78 Å². The molecular weight excluding hydrogens is 460 g/mol. The SMILES string of the molecule is CC(=O)[C@@H]1[C@H]2CC(C)(C)OC2CN1C(=O)OCc1ccccc1.CC(=O)[C@H]1NCC2OC(C)(C)C[C@@H]21. The first-order chi connectivity index (χ1) is 16.9. The lowest BCUT2D eigenvalue weighted by Gasteiger charge is -2.27. The second kappa shape index (κ2) is 10.2. The fourth-order valence-corrected chi connectivity index (χ4v) is 6.39. The zero-order valence-electron chi connectivity index (χ0n) is 22.3. The molecule has 1 aromatic rings. The number of ketones is 2. The highest BCUT2D eigenvalue weighted by molar-refractivity contribution is 5.86. The second-order valence-electron chi connectivity index (χ2n) is 11.8. The lowest BCUT2D eigenvalue weighted by molar-refractivity contribution is -0.122. The number of ether oxygens (including phenoxy) is 3. The first kappa shape index (κ1) is 26.8. The largest absolute Gasteiger partial charge is 0.445 e. The maximum absolute atomic E-state index is 12.4. The number of benzene rings is 1. The monoisotopic (exact) mass is 500 g/mol. The van der Waals surface area contributed by atoms with Crippen LogP contribution in [-0.4, -0.2) is 71.1 Å². The predicted octanol–water partition coefficient (Wildman–Crippen LogP) is 3.51. The van der Waals surface area contributed by atoms with E-state index in [0.717, 1.165) is 24.9 Å². The lowest BCUT2D eigenvalue weighted by atomic mass is 9.89. The van der Waals surface area contributed by atoms with Crippen molar-refractivity contribution in [2.75, 3.05) is 13.1 Å². The summed E-state index contributed by atoms with van der Waals surface area (Å²) in [5, 5.41) is 3.22. The van der Waals surface area contributed by atoms with Crippen LogP contribution in [0.3, 0.4) is 0 Å². The molecule has 1 amide bonds. The normalized spacial score (nSPS) is 33.3. The van der Waals surface area contributed by atoms with E-state index in [-0.39, 0.29) is 53.5 Å². The Hall–Kier alpha value is -2.29. The van der Waals surface area contributed by atoms with Crippen molar-refractivity contribution in [3.8, 4) is 0 Å². The minimum Gasteiger partial charge on any atom is -0.445 e. The zero-order valence-corrected chi connectivity index (χ0v) is 22.3. The van der Waals surface area contributed by atoms with E-state index in [1.165, 1.54) is 11.8 Å². The summed E-state index contributed by atoms with van der Waals surface area (Å²) < 4.78 is 17.2. The van der Waals surface area contributed by atoms with Crippen LogP contribution in [0, 0.1) is 11.8 Å². The molecule has 6 atom stereocenters. The summed E-state index contributed by atoms with van der Waals surface area (Å²) in [6, 6.07) is 9.12. The van der Waals surface area contributed by atoms with Crippen LogP contribution in [0.1, 0.15) is 59.9 Å². The highest BCUT2D eigenvalue weighted by atomic mass is 16.6. The lowest BCUT2D eigenvalue weighted by Crippen LogP contribution is -2.43. The molecule has 1 aromatic carbocycles. The van der Waals surface area contributed by atoms with Gasteiger partial charge in [-0.25, -0.2) is 4.79 Å². The molecule has 1 N–H and O–H groups in total. The minimum atomic E-state index is -0.440. The van der Waals surface area contributed by atoms with E-state index in [1.807, 2.05) is 44.2 Å². The number of carbonyl (C=O) groups is 3. The summed E-state index contributed by atoms with van der Waals surface area (Å²) in [6.45, 7) is 12.9. The van der Waals surface area contributed by atoms with Crippen molar-refractivity contribution in [3.63, 3.8) is 0 Å². The quantitative estimate of drug-likeness (QED) is 0.676. The smallest absolute Gasteiger partial charge is 0.410 e. The highest BCUT2D eigenvalue weighted by Crippen LogP contribution is 2.43. The van der Waals surface area contributed by atoms with Gasteiger partial charge in [0.05, 0.1) is 42.0 Å².